The van der Waals surface area contributed by atoms with Gasteiger partial charge in [0.2, 0.25) is 0 Å². The summed E-state index contributed by atoms with van der Waals surface area (Å²) in [5.41, 5.74) is 0.526. The standard InChI is InChI=1S/C12H20N2O3.2ClH/c1-12(2,3)13-6-11(17)8-4-5-10(16)9(7-15)14-8;;/h4-5,11,13,15-17H,6-7H2,1-3H3;2*1H. The number of aliphatic hydroxyl groups excluding tert-OH is 2. The molecular formula is C12H22Cl2N2O3. The maximum absolute atomic E-state index is 9.91. The summed E-state index contributed by atoms with van der Waals surface area (Å²) in [5.74, 6) is -0.0627. The summed E-state index contributed by atoms with van der Waals surface area (Å²) in [6, 6.07) is 2.97. The number of aliphatic hydroxyl groups is 2. The van der Waals surface area contributed by atoms with Crippen molar-refractivity contribution in [3.05, 3.63) is 23.5 Å². The molecule has 1 heterocycles. The van der Waals surface area contributed by atoms with Gasteiger partial charge in [-0.3, -0.25) is 0 Å². The molecule has 0 saturated carbocycles. The van der Waals surface area contributed by atoms with Crippen LogP contribution in [0.25, 0.3) is 0 Å². The second-order valence-electron chi connectivity index (χ2n) is 5.01. The minimum atomic E-state index is -0.764. The molecule has 1 atom stereocenters. The highest BCUT2D eigenvalue weighted by atomic mass is 35.5. The van der Waals surface area contributed by atoms with Gasteiger partial charge in [0, 0.05) is 12.1 Å². The molecule has 112 valence electrons. The quantitative estimate of drug-likeness (QED) is 0.447. The van der Waals surface area contributed by atoms with E-state index in [-0.39, 0.29) is 51.3 Å². The van der Waals surface area contributed by atoms with E-state index in [1.54, 1.807) is 6.07 Å². The van der Waals surface area contributed by atoms with E-state index in [1.807, 2.05) is 20.8 Å². The highest BCUT2D eigenvalue weighted by molar-refractivity contribution is 5.28. The minimum absolute atomic E-state index is 0. The number of hydrogen-bond acceptors (Lipinski definition) is 5. The van der Waals surface area contributed by atoms with Gasteiger partial charge in [0.15, 0.2) is 0 Å². The van der Waals surface area contributed by atoms with Crippen LogP contribution in [0.2, 0.25) is 0 Å². The number of aromatic hydroxyl groups is 1. The van der Waals surface area contributed by atoms with Gasteiger partial charge in [-0.25, -0.2) is 4.98 Å². The number of nitrogens with one attached hydrogen (secondary N) is 1. The zero-order valence-corrected chi connectivity index (χ0v) is 12.7. The van der Waals surface area contributed by atoms with Crippen molar-refractivity contribution < 1.29 is 43.0 Å². The van der Waals surface area contributed by atoms with Gasteiger partial charge < -0.3 is 45.5 Å². The Morgan fingerprint density at radius 2 is 1.89 bits per heavy atom. The Kier molecular flexibility index (Phi) is 9.33. The molecule has 4 N–H and O–H groups in total. The Morgan fingerprint density at radius 1 is 1.32 bits per heavy atom. The van der Waals surface area contributed by atoms with Crippen molar-refractivity contribution in [2.45, 2.75) is 39.0 Å². The van der Waals surface area contributed by atoms with Gasteiger partial charge in [-0.2, -0.15) is 0 Å². The number of halogens is 2. The Balaban J connectivity index is -0.000000361. The van der Waals surface area contributed by atoms with Crippen LogP contribution in [-0.2, 0) is 6.61 Å². The summed E-state index contributed by atoms with van der Waals surface area (Å²) in [7, 11) is 0. The lowest BCUT2D eigenvalue weighted by Gasteiger charge is -2.22. The van der Waals surface area contributed by atoms with E-state index < -0.39 is 6.10 Å². The molecule has 1 unspecified atom stereocenters. The molecule has 0 bridgehead atoms. The number of nitrogens with zero attached hydrogens (tertiary/aromatic N) is 1. The lowest BCUT2D eigenvalue weighted by Crippen LogP contribution is -3.00. The van der Waals surface area contributed by atoms with Crippen LogP contribution in [0.4, 0.5) is 0 Å². The van der Waals surface area contributed by atoms with Crippen LogP contribution in [0, 0.1) is 0 Å². The Morgan fingerprint density at radius 3 is 2.37 bits per heavy atom. The third-order valence-corrected chi connectivity index (χ3v) is 2.29. The van der Waals surface area contributed by atoms with Crippen LogP contribution >= 0.6 is 0 Å². The van der Waals surface area contributed by atoms with Gasteiger partial charge in [-0.1, -0.05) is 0 Å². The van der Waals surface area contributed by atoms with Crippen molar-refractivity contribution >= 4 is 0 Å². The smallest absolute Gasteiger partial charge is 1.00 e. The zero-order valence-electron chi connectivity index (χ0n) is 13.2. The second-order valence-corrected chi connectivity index (χ2v) is 5.01. The fraction of sp³-hybridized carbons (Fsp3) is 0.583. The summed E-state index contributed by atoms with van der Waals surface area (Å²) in [6.45, 7) is 6.03. The fourth-order valence-corrected chi connectivity index (χ4v) is 1.32. The Bertz CT molecular complexity index is 393. The van der Waals surface area contributed by atoms with Crippen molar-refractivity contribution in [3.8, 4) is 5.75 Å². The third kappa shape index (κ3) is 6.94. The van der Waals surface area contributed by atoms with Gasteiger partial charge in [0.1, 0.15) is 17.5 Å². The predicted octanol–water partition coefficient (Wildman–Crippen LogP) is -5.07. The van der Waals surface area contributed by atoms with Gasteiger partial charge in [0.25, 0.3) is 0 Å². The summed E-state index contributed by atoms with van der Waals surface area (Å²) < 4.78 is 0. The number of aromatic nitrogens is 1. The molecule has 1 rings (SSSR count). The Labute approximate surface area is 128 Å². The molecule has 0 aromatic carbocycles. The van der Waals surface area contributed by atoms with Crippen LogP contribution in [0.1, 0.15) is 41.1 Å². The first-order valence-electron chi connectivity index (χ1n) is 5.56. The molecule has 0 spiro atoms. The molecule has 0 aliphatic carbocycles. The molecular weight excluding hydrogens is 291 g/mol. The third-order valence-electron chi connectivity index (χ3n) is 2.29. The first-order valence-corrected chi connectivity index (χ1v) is 5.56. The Hall–Kier alpha value is -0.590. The molecule has 1 aromatic heterocycles. The van der Waals surface area contributed by atoms with Gasteiger partial charge >= 0.3 is 2.85 Å². The van der Waals surface area contributed by atoms with Crippen LogP contribution in [0.5, 0.6) is 5.75 Å². The second kappa shape index (κ2) is 8.55. The molecule has 0 fully saturated rings. The first kappa shape index (κ1) is 20.7. The number of β-amino-alcohol motifs (C(OH)–C–C–N with tert-alkyl or cyclic N) is 1. The van der Waals surface area contributed by atoms with Gasteiger partial charge in [-0.15, -0.1) is 0 Å². The molecule has 7 heteroatoms. The van der Waals surface area contributed by atoms with Crippen molar-refractivity contribution in [1.29, 1.82) is 0 Å². The average molecular weight is 313 g/mol. The maximum atomic E-state index is 9.91. The van der Waals surface area contributed by atoms with Gasteiger partial charge in [-0.05, 0) is 32.9 Å². The molecule has 0 saturated heterocycles. The van der Waals surface area contributed by atoms with Crippen molar-refractivity contribution in [2.24, 2.45) is 0 Å². The molecule has 19 heavy (non-hydrogen) atoms. The van der Waals surface area contributed by atoms with E-state index in [1.165, 1.54) is 6.07 Å². The van der Waals surface area contributed by atoms with Crippen LogP contribution < -0.4 is 30.1 Å². The van der Waals surface area contributed by atoms with Crippen molar-refractivity contribution in [1.82, 2.24) is 10.3 Å². The highest BCUT2D eigenvalue weighted by Crippen LogP contribution is 2.18. The summed E-state index contributed by atoms with van der Waals surface area (Å²) >= 11 is 0. The summed E-state index contributed by atoms with van der Waals surface area (Å²) in [6.07, 6.45) is -0.764. The zero-order chi connectivity index (χ0) is 13.1. The summed E-state index contributed by atoms with van der Waals surface area (Å²) in [5, 5.41) is 31.4. The minimum Gasteiger partial charge on any atom is -1.00 e. The van der Waals surface area contributed by atoms with Crippen LogP contribution in [0.3, 0.4) is 0 Å². The molecule has 5 nitrogen and oxygen atoms in total. The maximum Gasteiger partial charge on any atom is 1.00 e. The van der Waals surface area contributed by atoms with E-state index in [2.05, 4.69) is 10.3 Å². The molecule has 0 aliphatic heterocycles. The molecule has 0 radical (unpaired) electrons. The largest absolute Gasteiger partial charge is 1.00 e. The van der Waals surface area contributed by atoms with E-state index in [0.29, 0.717) is 12.2 Å². The number of rotatable bonds is 4. The normalized spacial score (nSPS) is 12.3. The van der Waals surface area contributed by atoms with Crippen LogP contribution in [0.15, 0.2) is 12.1 Å². The van der Waals surface area contributed by atoms with E-state index in [0.717, 1.165) is 0 Å². The monoisotopic (exact) mass is 312 g/mol. The summed E-state index contributed by atoms with van der Waals surface area (Å²) in [4.78, 5) is 4.00. The topological polar surface area (TPSA) is 85.6 Å². The van der Waals surface area contributed by atoms with Crippen molar-refractivity contribution in [3.63, 3.8) is 0 Å². The molecule has 0 amide bonds. The van der Waals surface area contributed by atoms with E-state index >= 15 is 0 Å². The molecule has 1 aromatic rings. The molecule has 0 aliphatic rings. The SMILES string of the molecule is CC(C)(C)NCC(O)c1ccc(O)c(CO)n1.[Cl-].[Cl-].[H+].[H+]. The van der Waals surface area contributed by atoms with Crippen molar-refractivity contribution in [2.75, 3.05) is 6.54 Å². The number of hydrogen-bond donors (Lipinski definition) is 4. The van der Waals surface area contributed by atoms with E-state index in [9.17, 15) is 10.2 Å². The lowest BCUT2D eigenvalue weighted by molar-refractivity contribution is -0.001000. The lowest BCUT2D eigenvalue weighted by atomic mass is 10.1. The highest BCUT2D eigenvalue weighted by Gasteiger charge is 2.15. The van der Waals surface area contributed by atoms with E-state index in [4.69, 9.17) is 5.11 Å². The predicted molar refractivity (Wildman–Crippen MR) is 66.8 cm³/mol. The average Bonchev–Trinajstić information content (AvgIpc) is 2.25. The fourth-order valence-electron chi connectivity index (χ4n) is 1.32. The number of pyridine rings is 1. The van der Waals surface area contributed by atoms with Gasteiger partial charge in [0.05, 0.1) is 12.3 Å². The first-order chi connectivity index (χ1) is 7.83. The van der Waals surface area contributed by atoms with Crippen LogP contribution in [-0.4, -0.2) is 32.4 Å².